The highest BCUT2D eigenvalue weighted by Gasteiger charge is 2.31. The highest BCUT2D eigenvalue weighted by Crippen LogP contribution is 2.29. The monoisotopic (exact) mass is 439 g/mol. The number of benzene rings is 1. The molecule has 7 nitrogen and oxygen atoms in total. The third kappa shape index (κ3) is 5.10. The molecule has 0 bridgehead atoms. The van der Waals surface area contributed by atoms with Crippen LogP contribution in [0.3, 0.4) is 0 Å². The molecule has 1 aromatic rings. The molecule has 29 heavy (non-hydrogen) atoms. The van der Waals surface area contributed by atoms with Crippen molar-refractivity contribution < 1.29 is 17.9 Å². The first-order valence-corrected chi connectivity index (χ1v) is 11.8. The van der Waals surface area contributed by atoms with Crippen LogP contribution < -0.4 is 0 Å². The third-order valence-electron chi connectivity index (χ3n) is 5.47. The van der Waals surface area contributed by atoms with E-state index in [1.807, 2.05) is 0 Å². The van der Waals surface area contributed by atoms with E-state index in [4.69, 9.17) is 21.6 Å². The second-order valence-electron chi connectivity index (χ2n) is 7.36. The lowest BCUT2D eigenvalue weighted by molar-refractivity contribution is 0.0296. The van der Waals surface area contributed by atoms with Gasteiger partial charge in [-0.25, -0.2) is 8.42 Å². The summed E-state index contributed by atoms with van der Waals surface area (Å²) in [7, 11) is -3.76. The van der Waals surface area contributed by atoms with Gasteiger partial charge in [0.25, 0.3) is 5.91 Å². The maximum atomic E-state index is 13.2. The third-order valence-corrected chi connectivity index (χ3v) is 7.85. The molecule has 2 aliphatic heterocycles. The maximum absolute atomic E-state index is 13.2. The molecule has 158 valence electrons. The van der Waals surface area contributed by atoms with Crippen LogP contribution in [-0.4, -0.2) is 62.4 Å². The predicted molar refractivity (Wildman–Crippen MR) is 109 cm³/mol. The topological polar surface area (TPSA) is 90.7 Å². The Labute approximate surface area is 177 Å². The molecule has 2 fully saturated rings. The molecule has 0 aliphatic carbocycles. The van der Waals surface area contributed by atoms with Crippen LogP contribution in [0.15, 0.2) is 23.1 Å². The summed E-state index contributed by atoms with van der Waals surface area (Å²) in [4.78, 5) is 14.9. The quantitative estimate of drug-likeness (QED) is 0.679. The van der Waals surface area contributed by atoms with Crippen molar-refractivity contribution in [2.24, 2.45) is 0 Å². The standard InChI is InChI=1S/C20H26ClN3O4S/c21-18-6-5-16(15-19(18)29(26,27)23-10-2-1-3-11-23)20(25)24(12-4-9-22)17-7-13-28-14-8-17/h5-6,15,17H,1-4,7-8,10-14H2. The summed E-state index contributed by atoms with van der Waals surface area (Å²) in [5.41, 5.74) is 0.273. The number of hydrogen-bond donors (Lipinski definition) is 0. The Bertz CT molecular complexity index is 872. The summed E-state index contributed by atoms with van der Waals surface area (Å²) >= 11 is 6.23. The number of halogens is 1. The van der Waals surface area contributed by atoms with Crippen molar-refractivity contribution in [3.05, 3.63) is 28.8 Å². The zero-order chi connectivity index (χ0) is 20.9. The number of carbonyl (C=O) groups excluding carboxylic acids is 1. The molecule has 0 N–H and O–H groups in total. The van der Waals surface area contributed by atoms with E-state index in [1.165, 1.54) is 16.4 Å². The predicted octanol–water partition coefficient (Wildman–Crippen LogP) is 3.05. The van der Waals surface area contributed by atoms with Gasteiger partial charge in [0.1, 0.15) is 4.90 Å². The molecule has 0 atom stereocenters. The van der Waals surface area contributed by atoms with Crippen molar-refractivity contribution in [1.29, 1.82) is 5.26 Å². The average molecular weight is 440 g/mol. The van der Waals surface area contributed by atoms with Gasteiger partial charge in [-0.15, -0.1) is 0 Å². The molecule has 2 heterocycles. The Balaban J connectivity index is 1.90. The number of piperidine rings is 1. The van der Waals surface area contributed by atoms with Crippen molar-refractivity contribution in [3.8, 4) is 6.07 Å². The molecule has 9 heteroatoms. The Kier molecular flexibility index (Phi) is 7.52. The molecular formula is C20H26ClN3O4S. The van der Waals surface area contributed by atoms with Gasteiger partial charge in [0, 0.05) is 44.5 Å². The number of sulfonamides is 1. The van der Waals surface area contributed by atoms with Gasteiger partial charge in [-0.1, -0.05) is 18.0 Å². The molecule has 2 aliphatic rings. The van der Waals surface area contributed by atoms with E-state index in [9.17, 15) is 13.2 Å². The fraction of sp³-hybridized carbons (Fsp3) is 0.600. The lowest BCUT2D eigenvalue weighted by atomic mass is 10.0. The number of ether oxygens (including phenoxy) is 1. The van der Waals surface area contributed by atoms with Gasteiger partial charge in [-0.2, -0.15) is 9.57 Å². The number of rotatable bonds is 6. The fourth-order valence-electron chi connectivity index (χ4n) is 3.86. The second kappa shape index (κ2) is 9.90. The lowest BCUT2D eigenvalue weighted by Crippen LogP contribution is -2.44. The Morgan fingerprint density at radius 2 is 1.93 bits per heavy atom. The Morgan fingerprint density at radius 3 is 2.59 bits per heavy atom. The van der Waals surface area contributed by atoms with Gasteiger partial charge < -0.3 is 9.64 Å². The zero-order valence-electron chi connectivity index (χ0n) is 16.3. The van der Waals surface area contributed by atoms with Crippen molar-refractivity contribution in [1.82, 2.24) is 9.21 Å². The number of hydrogen-bond acceptors (Lipinski definition) is 5. The van der Waals surface area contributed by atoms with E-state index in [1.54, 1.807) is 11.0 Å². The van der Waals surface area contributed by atoms with Crippen LogP contribution in [0, 0.1) is 11.3 Å². The van der Waals surface area contributed by atoms with Crippen molar-refractivity contribution in [2.45, 2.75) is 49.5 Å². The van der Waals surface area contributed by atoms with Gasteiger partial charge >= 0.3 is 0 Å². The van der Waals surface area contributed by atoms with E-state index in [0.29, 0.717) is 45.7 Å². The minimum Gasteiger partial charge on any atom is -0.381 e. The SMILES string of the molecule is N#CCCN(C(=O)c1ccc(Cl)c(S(=O)(=O)N2CCCCC2)c1)C1CCOCC1. The van der Waals surface area contributed by atoms with E-state index in [-0.39, 0.29) is 33.9 Å². The number of amides is 1. The first-order chi connectivity index (χ1) is 13.9. The zero-order valence-corrected chi connectivity index (χ0v) is 17.9. The van der Waals surface area contributed by atoms with Gasteiger partial charge in [-0.3, -0.25) is 4.79 Å². The van der Waals surface area contributed by atoms with E-state index < -0.39 is 10.0 Å². The van der Waals surface area contributed by atoms with Crippen LogP contribution >= 0.6 is 11.6 Å². The molecule has 0 spiro atoms. The molecular weight excluding hydrogens is 414 g/mol. The summed E-state index contributed by atoms with van der Waals surface area (Å²) < 4.78 is 33.0. The highest BCUT2D eigenvalue weighted by molar-refractivity contribution is 7.89. The molecule has 0 saturated carbocycles. The maximum Gasteiger partial charge on any atom is 0.254 e. The minimum absolute atomic E-state index is 0.0255. The Morgan fingerprint density at radius 1 is 1.24 bits per heavy atom. The van der Waals surface area contributed by atoms with Crippen LogP contribution in [0.2, 0.25) is 5.02 Å². The normalized spacial score (nSPS) is 18.9. The lowest BCUT2D eigenvalue weighted by Gasteiger charge is -2.34. The molecule has 1 amide bonds. The van der Waals surface area contributed by atoms with Crippen LogP contribution in [0.5, 0.6) is 0 Å². The molecule has 0 aromatic heterocycles. The Hall–Kier alpha value is -1.66. The molecule has 0 unspecified atom stereocenters. The summed E-state index contributed by atoms with van der Waals surface area (Å²) in [5.74, 6) is -0.279. The van der Waals surface area contributed by atoms with Crippen molar-refractivity contribution >= 4 is 27.5 Å². The van der Waals surface area contributed by atoms with Crippen molar-refractivity contribution in [2.75, 3.05) is 32.8 Å². The van der Waals surface area contributed by atoms with Crippen molar-refractivity contribution in [3.63, 3.8) is 0 Å². The van der Waals surface area contributed by atoms with Crippen LogP contribution in [0.1, 0.15) is 48.9 Å². The van der Waals surface area contributed by atoms with E-state index in [2.05, 4.69) is 6.07 Å². The van der Waals surface area contributed by atoms with E-state index in [0.717, 1.165) is 19.3 Å². The van der Waals surface area contributed by atoms with Gasteiger partial charge in [0.2, 0.25) is 10.0 Å². The summed E-state index contributed by atoms with van der Waals surface area (Å²) in [6.07, 6.45) is 4.27. The smallest absolute Gasteiger partial charge is 0.254 e. The second-order valence-corrected chi connectivity index (χ2v) is 9.67. The molecule has 0 radical (unpaired) electrons. The minimum atomic E-state index is -3.76. The fourth-order valence-corrected chi connectivity index (χ4v) is 5.88. The highest BCUT2D eigenvalue weighted by atomic mass is 35.5. The summed E-state index contributed by atoms with van der Waals surface area (Å²) in [6.45, 7) is 2.36. The largest absolute Gasteiger partial charge is 0.381 e. The van der Waals surface area contributed by atoms with Gasteiger partial charge in [0.05, 0.1) is 17.5 Å². The first-order valence-electron chi connectivity index (χ1n) is 10.0. The van der Waals surface area contributed by atoms with Crippen LogP contribution in [0.4, 0.5) is 0 Å². The number of nitrogens with zero attached hydrogens (tertiary/aromatic N) is 3. The molecule has 1 aromatic carbocycles. The first kappa shape index (κ1) is 22.0. The van der Waals surface area contributed by atoms with Gasteiger partial charge in [0.15, 0.2) is 0 Å². The number of nitriles is 1. The summed E-state index contributed by atoms with van der Waals surface area (Å²) in [6, 6.07) is 6.46. The van der Waals surface area contributed by atoms with Gasteiger partial charge in [-0.05, 0) is 43.9 Å². The van der Waals surface area contributed by atoms with E-state index >= 15 is 0 Å². The molecule has 2 saturated heterocycles. The molecule has 3 rings (SSSR count). The van der Waals surface area contributed by atoms with Crippen LogP contribution in [0.25, 0.3) is 0 Å². The number of carbonyl (C=O) groups is 1. The average Bonchev–Trinajstić information content (AvgIpc) is 2.75. The van der Waals surface area contributed by atoms with Crippen LogP contribution in [-0.2, 0) is 14.8 Å². The summed E-state index contributed by atoms with van der Waals surface area (Å²) in [5, 5.41) is 9.10.